The van der Waals surface area contributed by atoms with Gasteiger partial charge < -0.3 is 4.57 Å². The lowest BCUT2D eigenvalue weighted by Crippen LogP contribution is -2.37. The predicted octanol–water partition coefficient (Wildman–Crippen LogP) is 6.45. The van der Waals surface area contributed by atoms with E-state index in [1.165, 1.54) is 0 Å². The van der Waals surface area contributed by atoms with Crippen LogP contribution in [0.2, 0.25) is 0 Å². The fraction of sp³-hybridized carbons (Fsp3) is 0.440. The van der Waals surface area contributed by atoms with Gasteiger partial charge in [0.1, 0.15) is 16.6 Å². The minimum atomic E-state index is -4.56. The Morgan fingerprint density at radius 1 is 1.18 bits per heavy atom. The summed E-state index contributed by atoms with van der Waals surface area (Å²) in [4.78, 5) is 17.8. The van der Waals surface area contributed by atoms with Crippen molar-refractivity contribution in [2.75, 3.05) is 0 Å². The molecule has 0 bridgehead atoms. The monoisotopic (exact) mass is 491 g/mol. The van der Waals surface area contributed by atoms with E-state index in [0.29, 0.717) is 21.8 Å². The number of nitrogens with zero attached hydrogens (tertiary/aromatic N) is 2. The SMILES string of the molecule is CCC(=O)c1c(-c2ccc(S(=O)NC(C)(C)C)cc2)n(C2CCC2)c2ncc(C(F)(F)F)cc12. The molecule has 1 unspecified atom stereocenters. The molecule has 1 aromatic carbocycles. The van der Waals surface area contributed by atoms with Crippen molar-refractivity contribution in [1.82, 2.24) is 14.3 Å². The van der Waals surface area contributed by atoms with E-state index in [2.05, 4.69) is 9.71 Å². The molecule has 0 amide bonds. The second-order valence-corrected chi connectivity index (χ2v) is 10.9. The van der Waals surface area contributed by atoms with Gasteiger partial charge in [-0.3, -0.25) is 4.79 Å². The van der Waals surface area contributed by atoms with Crippen molar-refractivity contribution in [3.05, 3.63) is 47.7 Å². The Kier molecular flexibility index (Phi) is 6.46. The van der Waals surface area contributed by atoms with E-state index >= 15 is 0 Å². The van der Waals surface area contributed by atoms with Gasteiger partial charge in [-0.15, -0.1) is 0 Å². The van der Waals surface area contributed by atoms with Crippen molar-refractivity contribution < 1.29 is 22.2 Å². The van der Waals surface area contributed by atoms with E-state index in [-0.39, 0.29) is 34.7 Å². The topological polar surface area (TPSA) is 64.0 Å². The normalized spacial score (nSPS) is 16.0. The molecule has 0 radical (unpaired) electrons. The molecule has 5 nitrogen and oxygen atoms in total. The molecular weight excluding hydrogens is 463 g/mol. The van der Waals surface area contributed by atoms with Crippen LogP contribution in [0.3, 0.4) is 0 Å². The minimum absolute atomic E-state index is 0.0662. The zero-order chi connectivity index (χ0) is 24.8. The summed E-state index contributed by atoms with van der Waals surface area (Å²) in [5.74, 6) is -0.235. The summed E-state index contributed by atoms with van der Waals surface area (Å²) >= 11 is 0. The largest absolute Gasteiger partial charge is 0.417 e. The van der Waals surface area contributed by atoms with Crippen LogP contribution in [0.1, 0.15) is 75.3 Å². The summed E-state index contributed by atoms with van der Waals surface area (Å²) in [6.45, 7) is 7.45. The average molecular weight is 492 g/mol. The molecule has 2 heterocycles. The van der Waals surface area contributed by atoms with Crippen molar-refractivity contribution >= 4 is 27.8 Å². The minimum Gasteiger partial charge on any atom is -0.322 e. The van der Waals surface area contributed by atoms with E-state index in [0.717, 1.165) is 31.5 Å². The molecule has 0 spiro atoms. The Morgan fingerprint density at radius 2 is 1.82 bits per heavy atom. The van der Waals surface area contributed by atoms with Gasteiger partial charge in [0.15, 0.2) is 5.78 Å². The molecule has 1 N–H and O–H groups in total. The lowest BCUT2D eigenvalue weighted by molar-refractivity contribution is -0.137. The van der Waals surface area contributed by atoms with Gasteiger partial charge in [0, 0.05) is 29.6 Å². The van der Waals surface area contributed by atoms with Gasteiger partial charge in [-0.05, 0) is 63.8 Å². The first-order valence-electron chi connectivity index (χ1n) is 11.3. The Hall–Kier alpha value is -2.52. The Balaban J connectivity index is 1.92. The van der Waals surface area contributed by atoms with Crippen molar-refractivity contribution in [2.24, 2.45) is 0 Å². The second-order valence-electron chi connectivity index (χ2n) is 9.69. The molecule has 4 rings (SSSR count). The number of fused-ring (bicyclic) bond motifs is 1. The predicted molar refractivity (Wildman–Crippen MR) is 127 cm³/mol. The Bertz CT molecular complexity index is 1250. The van der Waals surface area contributed by atoms with Crippen LogP contribution in [0, 0.1) is 0 Å². The molecule has 3 aromatic rings. The molecule has 1 atom stereocenters. The molecule has 9 heteroatoms. The lowest BCUT2D eigenvalue weighted by atomic mass is 9.92. The zero-order valence-corrected chi connectivity index (χ0v) is 20.4. The number of hydrogen-bond acceptors (Lipinski definition) is 3. The van der Waals surface area contributed by atoms with E-state index in [9.17, 15) is 22.2 Å². The molecular formula is C25H28F3N3O2S. The van der Waals surface area contributed by atoms with E-state index in [1.807, 2.05) is 25.3 Å². The van der Waals surface area contributed by atoms with Crippen LogP contribution < -0.4 is 4.72 Å². The fourth-order valence-corrected chi connectivity index (χ4v) is 5.22. The number of Topliss-reactive ketones (excluding diaryl/α,β-unsaturated/α-hetero) is 1. The quantitative estimate of drug-likeness (QED) is 0.403. The number of rotatable bonds is 6. The third-order valence-electron chi connectivity index (χ3n) is 5.95. The van der Waals surface area contributed by atoms with Gasteiger partial charge in [0.25, 0.3) is 0 Å². The Labute approximate surface area is 199 Å². The van der Waals surface area contributed by atoms with Crippen LogP contribution >= 0.6 is 0 Å². The summed E-state index contributed by atoms with van der Waals surface area (Å²) < 4.78 is 58.0. The van der Waals surface area contributed by atoms with Gasteiger partial charge in [-0.2, -0.15) is 13.2 Å². The van der Waals surface area contributed by atoms with Crippen LogP contribution in [0.4, 0.5) is 13.2 Å². The highest BCUT2D eigenvalue weighted by molar-refractivity contribution is 7.83. The number of alkyl halides is 3. The van der Waals surface area contributed by atoms with Gasteiger partial charge in [-0.25, -0.2) is 13.9 Å². The van der Waals surface area contributed by atoms with Gasteiger partial charge >= 0.3 is 6.18 Å². The number of hydrogen-bond donors (Lipinski definition) is 1. The van der Waals surface area contributed by atoms with E-state index in [1.54, 1.807) is 31.2 Å². The third-order valence-corrected chi connectivity index (χ3v) is 7.45. The van der Waals surface area contributed by atoms with Crippen LogP contribution in [0.15, 0.2) is 41.4 Å². The molecule has 182 valence electrons. The number of pyridine rings is 1. The molecule has 1 aliphatic rings. The molecule has 1 saturated carbocycles. The van der Waals surface area contributed by atoms with Crippen molar-refractivity contribution in [1.29, 1.82) is 0 Å². The zero-order valence-electron chi connectivity index (χ0n) is 19.6. The van der Waals surface area contributed by atoms with E-state index < -0.39 is 22.7 Å². The highest BCUT2D eigenvalue weighted by Gasteiger charge is 2.35. The first-order chi connectivity index (χ1) is 15.9. The lowest BCUT2D eigenvalue weighted by Gasteiger charge is -2.30. The molecule has 1 fully saturated rings. The standard InChI is InChI=1S/C25H28F3N3O2S/c1-5-20(32)21-19-13-16(25(26,27)28)14-29-23(19)31(17-7-6-8-17)22(21)15-9-11-18(12-10-15)34(33)30-24(2,3)4/h9-14,17,30H,5-8H2,1-4H3. The van der Waals surface area contributed by atoms with Gasteiger partial charge in [-0.1, -0.05) is 19.1 Å². The maximum Gasteiger partial charge on any atom is 0.417 e. The van der Waals surface area contributed by atoms with Crippen LogP contribution in [-0.2, 0) is 17.2 Å². The summed E-state index contributed by atoms with van der Waals surface area (Å²) in [5, 5.41) is 0.227. The molecule has 2 aromatic heterocycles. The molecule has 34 heavy (non-hydrogen) atoms. The first kappa shape index (κ1) is 24.6. The maximum atomic E-state index is 13.5. The average Bonchev–Trinajstić information content (AvgIpc) is 3.04. The smallest absolute Gasteiger partial charge is 0.322 e. The maximum absolute atomic E-state index is 13.5. The summed E-state index contributed by atoms with van der Waals surface area (Å²) in [5.41, 5.74) is 0.715. The van der Waals surface area contributed by atoms with Crippen LogP contribution in [0.5, 0.6) is 0 Å². The van der Waals surface area contributed by atoms with Crippen molar-refractivity contribution in [2.45, 2.75) is 76.0 Å². The van der Waals surface area contributed by atoms with Crippen molar-refractivity contribution in [3.8, 4) is 11.3 Å². The number of carbonyl (C=O) groups is 1. The molecule has 0 aliphatic heterocycles. The third kappa shape index (κ3) is 4.68. The number of ketones is 1. The summed E-state index contributed by atoms with van der Waals surface area (Å²) in [7, 11) is -1.43. The Morgan fingerprint density at radius 3 is 2.32 bits per heavy atom. The number of aromatic nitrogens is 2. The van der Waals surface area contributed by atoms with Gasteiger partial charge in [0.2, 0.25) is 0 Å². The highest BCUT2D eigenvalue weighted by Crippen LogP contribution is 2.43. The molecule has 1 aliphatic carbocycles. The number of nitrogens with one attached hydrogen (secondary N) is 1. The molecule has 0 saturated heterocycles. The number of carbonyl (C=O) groups excluding carboxylic acids is 1. The summed E-state index contributed by atoms with van der Waals surface area (Å²) in [6, 6.07) is 8.11. The van der Waals surface area contributed by atoms with Gasteiger partial charge in [0.05, 0.1) is 21.7 Å². The van der Waals surface area contributed by atoms with E-state index in [4.69, 9.17) is 0 Å². The highest BCUT2D eigenvalue weighted by atomic mass is 32.2. The van der Waals surface area contributed by atoms with Crippen LogP contribution in [-0.4, -0.2) is 25.1 Å². The first-order valence-corrected chi connectivity index (χ1v) is 12.5. The second kappa shape index (κ2) is 8.92. The summed E-state index contributed by atoms with van der Waals surface area (Å²) in [6.07, 6.45) is -0.805. The number of benzene rings is 1. The number of halogens is 3. The van der Waals surface area contributed by atoms with Crippen molar-refractivity contribution in [3.63, 3.8) is 0 Å². The van der Waals surface area contributed by atoms with Crippen LogP contribution in [0.25, 0.3) is 22.3 Å². The fourth-order valence-electron chi connectivity index (χ4n) is 4.16.